The van der Waals surface area contributed by atoms with Gasteiger partial charge in [-0.25, -0.2) is 9.42 Å². The number of ether oxygens (including phenoxy) is 1. The molecule has 1 saturated carbocycles. The van der Waals surface area contributed by atoms with Gasteiger partial charge in [-0.3, -0.25) is 4.68 Å². The van der Waals surface area contributed by atoms with Crippen LogP contribution in [0.25, 0.3) is 0 Å². The number of aromatic nitrogens is 4. The number of rotatable bonds is 4. The zero-order valence-electron chi connectivity index (χ0n) is 12.2. The summed E-state index contributed by atoms with van der Waals surface area (Å²) in [5, 5.41) is 11.8. The van der Waals surface area contributed by atoms with Crippen LogP contribution in [0.1, 0.15) is 59.0 Å². The molecule has 0 aliphatic heterocycles. The molecule has 0 unspecified atom stereocenters. The summed E-state index contributed by atoms with van der Waals surface area (Å²) >= 11 is 0. The van der Waals surface area contributed by atoms with Crippen molar-refractivity contribution < 1.29 is 14.2 Å². The summed E-state index contributed by atoms with van der Waals surface area (Å²) in [6, 6.07) is 0. The summed E-state index contributed by atoms with van der Waals surface area (Å²) in [5.41, 5.74) is 2.58. The predicted molar refractivity (Wildman–Crippen MR) is 72.6 cm³/mol. The third kappa shape index (κ3) is 2.81. The van der Waals surface area contributed by atoms with Gasteiger partial charge in [-0.15, -0.1) is 0 Å². The first kappa shape index (κ1) is 13.8. The molecule has 0 radical (unpaired) electrons. The summed E-state index contributed by atoms with van der Waals surface area (Å²) in [4.78, 5) is 12.3. The highest BCUT2D eigenvalue weighted by atomic mass is 16.6. The molecule has 0 saturated heterocycles. The second-order valence-corrected chi connectivity index (χ2v) is 5.46. The molecular formula is C14H18N4O3. The van der Waals surface area contributed by atoms with Crippen LogP contribution in [0.4, 0.5) is 0 Å². The molecular weight excluding hydrogens is 272 g/mol. The molecule has 0 aromatic carbocycles. The number of aryl methyl sites for hydroxylation is 2. The Balaban J connectivity index is 1.73. The van der Waals surface area contributed by atoms with E-state index >= 15 is 0 Å². The lowest BCUT2D eigenvalue weighted by Gasteiger charge is -2.08. The molecule has 7 heteroatoms. The van der Waals surface area contributed by atoms with E-state index in [0.29, 0.717) is 22.9 Å². The van der Waals surface area contributed by atoms with Gasteiger partial charge in [-0.05, 0) is 19.8 Å². The van der Waals surface area contributed by atoms with Gasteiger partial charge in [0.15, 0.2) is 0 Å². The first-order chi connectivity index (χ1) is 10.1. The number of esters is 1. The SMILES string of the molecule is Cc1nonc1COC(=O)c1cn(C)nc1C1CCCC1. The minimum Gasteiger partial charge on any atom is -0.455 e. The Morgan fingerprint density at radius 3 is 2.86 bits per heavy atom. The third-order valence-corrected chi connectivity index (χ3v) is 3.91. The van der Waals surface area contributed by atoms with E-state index in [0.717, 1.165) is 18.5 Å². The largest absolute Gasteiger partial charge is 0.455 e. The van der Waals surface area contributed by atoms with Crippen LogP contribution in [-0.2, 0) is 18.4 Å². The fourth-order valence-electron chi connectivity index (χ4n) is 2.76. The summed E-state index contributed by atoms with van der Waals surface area (Å²) in [7, 11) is 1.82. The lowest BCUT2D eigenvalue weighted by atomic mass is 10.0. The zero-order chi connectivity index (χ0) is 14.8. The lowest BCUT2D eigenvalue weighted by molar-refractivity contribution is 0.0461. The van der Waals surface area contributed by atoms with E-state index in [9.17, 15) is 4.79 Å². The quantitative estimate of drug-likeness (QED) is 0.802. The lowest BCUT2D eigenvalue weighted by Crippen LogP contribution is -2.09. The molecule has 0 spiro atoms. The highest BCUT2D eigenvalue weighted by Gasteiger charge is 2.27. The molecule has 0 N–H and O–H groups in total. The molecule has 1 aliphatic rings. The van der Waals surface area contributed by atoms with Gasteiger partial charge in [0.05, 0.1) is 5.69 Å². The Hall–Kier alpha value is -2.18. The molecule has 1 aliphatic carbocycles. The molecule has 112 valence electrons. The second kappa shape index (κ2) is 5.67. The second-order valence-electron chi connectivity index (χ2n) is 5.46. The van der Waals surface area contributed by atoms with Crippen molar-refractivity contribution in [1.29, 1.82) is 0 Å². The molecule has 2 heterocycles. The van der Waals surface area contributed by atoms with Crippen LogP contribution in [0.2, 0.25) is 0 Å². The van der Waals surface area contributed by atoms with E-state index < -0.39 is 0 Å². The standard InChI is InChI=1S/C14H18N4O3/c1-9-12(17-21-16-9)8-20-14(19)11-7-18(2)15-13(11)10-5-3-4-6-10/h7,10H,3-6,8H2,1-2H3. The Labute approximate surface area is 122 Å². The molecule has 0 bridgehead atoms. The number of nitrogens with zero attached hydrogens (tertiary/aromatic N) is 4. The van der Waals surface area contributed by atoms with Crippen molar-refractivity contribution in [2.24, 2.45) is 7.05 Å². The van der Waals surface area contributed by atoms with Crippen LogP contribution in [0.3, 0.4) is 0 Å². The summed E-state index contributed by atoms with van der Waals surface area (Å²) < 4.78 is 11.6. The molecule has 3 rings (SSSR count). The van der Waals surface area contributed by atoms with Crippen molar-refractivity contribution in [3.05, 3.63) is 28.8 Å². The van der Waals surface area contributed by atoms with Gasteiger partial charge in [-0.2, -0.15) is 5.10 Å². The van der Waals surface area contributed by atoms with E-state index in [1.165, 1.54) is 12.8 Å². The molecule has 7 nitrogen and oxygen atoms in total. The van der Waals surface area contributed by atoms with Gasteiger partial charge in [0.2, 0.25) is 0 Å². The van der Waals surface area contributed by atoms with Crippen molar-refractivity contribution in [2.75, 3.05) is 0 Å². The van der Waals surface area contributed by atoms with Crippen LogP contribution >= 0.6 is 0 Å². The van der Waals surface area contributed by atoms with E-state index in [1.54, 1.807) is 17.8 Å². The highest BCUT2D eigenvalue weighted by Crippen LogP contribution is 2.35. The van der Waals surface area contributed by atoms with Gasteiger partial charge < -0.3 is 4.74 Å². The average Bonchev–Trinajstić information content (AvgIpc) is 3.16. The van der Waals surface area contributed by atoms with E-state index in [2.05, 4.69) is 20.0 Å². The van der Waals surface area contributed by atoms with E-state index in [-0.39, 0.29) is 12.6 Å². The Bertz CT molecular complexity index is 640. The fraction of sp³-hybridized carbons (Fsp3) is 0.571. The maximum absolute atomic E-state index is 12.3. The molecule has 2 aromatic rings. The van der Waals surface area contributed by atoms with Crippen molar-refractivity contribution in [2.45, 2.75) is 45.1 Å². The zero-order valence-corrected chi connectivity index (χ0v) is 12.2. The van der Waals surface area contributed by atoms with Crippen molar-refractivity contribution >= 4 is 5.97 Å². The number of carbonyl (C=O) groups excluding carboxylic acids is 1. The van der Waals surface area contributed by atoms with Gasteiger partial charge >= 0.3 is 5.97 Å². The van der Waals surface area contributed by atoms with Gasteiger partial charge in [-0.1, -0.05) is 23.2 Å². The maximum atomic E-state index is 12.3. The average molecular weight is 290 g/mol. The normalized spacial score (nSPS) is 15.5. The third-order valence-electron chi connectivity index (χ3n) is 3.91. The first-order valence-corrected chi connectivity index (χ1v) is 7.14. The first-order valence-electron chi connectivity index (χ1n) is 7.14. The van der Waals surface area contributed by atoms with Crippen LogP contribution in [0.5, 0.6) is 0 Å². The molecule has 0 amide bonds. The van der Waals surface area contributed by atoms with E-state index in [4.69, 9.17) is 4.74 Å². The van der Waals surface area contributed by atoms with Crippen molar-refractivity contribution in [3.8, 4) is 0 Å². The number of hydrogen-bond acceptors (Lipinski definition) is 6. The molecule has 21 heavy (non-hydrogen) atoms. The van der Waals surface area contributed by atoms with Crippen molar-refractivity contribution in [3.63, 3.8) is 0 Å². The van der Waals surface area contributed by atoms with Crippen LogP contribution in [0, 0.1) is 6.92 Å². The smallest absolute Gasteiger partial charge is 0.342 e. The molecule has 1 fully saturated rings. The minimum atomic E-state index is -0.368. The molecule has 0 atom stereocenters. The summed E-state index contributed by atoms with van der Waals surface area (Å²) in [6.45, 7) is 1.82. The van der Waals surface area contributed by atoms with Crippen LogP contribution < -0.4 is 0 Å². The predicted octanol–water partition coefficient (Wildman–Crippen LogP) is 2.13. The maximum Gasteiger partial charge on any atom is 0.342 e. The highest BCUT2D eigenvalue weighted by molar-refractivity contribution is 5.90. The Morgan fingerprint density at radius 1 is 1.43 bits per heavy atom. The van der Waals surface area contributed by atoms with Gasteiger partial charge in [0.25, 0.3) is 0 Å². The van der Waals surface area contributed by atoms with E-state index in [1.807, 2.05) is 7.05 Å². The monoisotopic (exact) mass is 290 g/mol. The minimum absolute atomic E-state index is 0.0627. The van der Waals surface area contributed by atoms with Gasteiger partial charge in [0, 0.05) is 19.2 Å². The number of hydrogen-bond donors (Lipinski definition) is 0. The molecule has 2 aromatic heterocycles. The van der Waals surface area contributed by atoms with Crippen molar-refractivity contribution in [1.82, 2.24) is 20.1 Å². The number of carbonyl (C=O) groups is 1. The van der Waals surface area contributed by atoms with Crippen LogP contribution in [0.15, 0.2) is 10.8 Å². The topological polar surface area (TPSA) is 83.0 Å². The fourth-order valence-corrected chi connectivity index (χ4v) is 2.76. The summed E-state index contributed by atoms with van der Waals surface area (Å²) in [6.07, 6.45) is 6.29. The Morgan fingerprint density at radius 2 is 2.19 bits per heavy atom. The van der Waals surface area contributed by atoms with Crippen LogP contribution in [-0.4, -0.2) is 26.1 Å². The summed E-state index contributed by atoms with van der Waals surface area (Å²) in [5.74, 6) is -0.00315. The van der Waals surface area contributed by atoms with Gasteiger partial charge in [0.1, 0.15) is 23.6 Å². The Kier molecular flexibility index (Phi) is 3.72.